The highest BCUT2D eigenvalue weighted by Crippen LogP contribution is 2.22. The van der Waals surface area contributed by atoms with Crippen LogP contribution in [0.3, 0.4) is 0 Å². The van der Waals surface area contributed by atoms with Crippen LogP contribution in [-0.4, -0.2) is 41.6 Å². The number of aryl methyl sites for hydroxylation is 1. The number of nitro groups is 1. The molecule has 0 spiro atoms. The lowest BCUT2D eigenvalue weighted by Gasteiger charge is -2.19. The average Bonchev–Trinajstić information content (AvgIpc) is 2.52. The Morgan fingerprint density at radius 2 is 1.89 bits per heavy atom. The van der Waals surface area contributed by atoms with Gasteiger partial charge in [-0.15, -0.1) is 0 Å². The minimum Gasteiger partial charge on any atom is -0.456 e. The van der Waals surface area contributed by atoms with Crippen LogP contribution >= 0.6 is 0 Å². The lowest BCUT2D eigenvalue weighted by atomic mass is 10.2. The fourth-order valence-electron chi connectivity index (χ4n) is 1.88. The Labute approximate surface area is 156 Å². The summed E-state index contributed by atoms with van der Waals surface area (Å²) in [5.74, 6) is -1.32. The Kier molecular flexibility index (Phi) is 7.70. The molecule has 2 amide bonds. The third-order valence-electron chi connectivity index (χ3n) is 3.05. The third-order valence-corrected chi connectivity index (χ3v) is 3.05. The van der Waals surface area contributed by atoms with Gasteiger partial charge in [0.15, 0.2) is 6.61 Å². The lowest BCUT2D eigenvalue weighted by Crippen LogP contribution is -2.34. The van der Waals surface area contributed by atoms with Crippen LogP contribution in [-0.2, 0) is 19.1 Å². The zero-order valence-electron chi connectivity index (χ0n) is 15.7. The van der Waals surface area contributed by atoms with E-state index < -0.39 is 35.1 Å². The van der Waals surface area contributed by atoms with Gasteiger partial charge >= 0.3 is 12.1 Å². The molecule has 0 fully saturated rings. The number of carbonyl (C=O) groups is 3. The number of hydrogen-bond acceptors (Lipinski definition) is 7. The van der Waals surface area contributed by atoms with Crippen LogP contribution < -0.4 is 10.6 Å². The first-order valence-electron chi connectivity index (χ1n) is 8.15. The van der Waals surface area contributed by atoms with Crippen molar-refractivity contribution in [2.45, 2.75) is 39.7 Å². The molecule has 0 radical (unpaired) electrons. The van der Waals surface area contributed by atoms with Crippen LogP contribution in [0.25, 0.3) is 0 Å². The monoisotopic (exact) mass is 381 g/mol. The topological polar surface area (TPSA) is 137 Å². The van der Waals surface area contributed by atoms with Gasteiger partial charge in [0.25, 0.3) is 11.6 Å². The standard InChI is InChI=1S/C17H23N3O7/c1-11-5-6-12(9-13(11)20(24)25)19-14(21)10-26-15(22)7-8-18-16(23)27-17(2,3)4/h5-6,9H,7-8,10H2,1-4H3,(H,18,23)(H,19,21). The molecule has 0 unspecified atom stereocenters. The second-order valence-corrected chi connectivity index (χ2v) is 6.65. The van der Waals surface area contributed by atoms with E-state index in [0.717, 1.165) is 0 Å². The van der Waals surface area contributed by atoms with Crippen molar-refractivity contribution in [2.75, 3.05) is 18.5 Å². The van der Waals surface area contributed by atoms with Crippen molar-refractivity contribution in [1.82, 2.24) is 5.32 Å². The van der Waals surface area contributed by atoms with Crippen molar-refractivity contribution < 1.29 is 28.8 Å². The van der Waals surface area contributed by atoms with Crippen molar-refractivity contribution in [3.63, 3.8) is 0 Å². The lowest BCUT2D eigenvalue weighted by molar-refractivity contribution is -0.385. The predicted molar refractivity (Wildman–Crippen MR) is 96.3 cm³/mol. The van der Waals surface area contributed by atoms with E-state index in [4.69, 9.17) is 9.47 Å². The van der Waals surface area contributed by atoms with Gasteiger partial charge in [-0.1, -0.05) is 6.07 Å². The number of nitrogens with one attached hydrogen (secondary N) is 2. The number of nitrogens with zero attached hydrogens (tertiary/aromatic N) is 1. The van der Waals surface area contributed by atoms with Gasteiger partial charge in [-0.3, -0.25) is 19.7 Å². The first kappa shape index (κ1) is 21.9. The van der Waals surface area contributed by atoms with E-state index in [1.54, 1.807) is 27.7 Å². The minimum atomic E-state index is -0.684. The zero-order chi connectivity index (χ0) is 20.6. The summed E-state index contributed by atoms with van der Waals surface area (Å²) in [6, 6.07) is 4.23. The Balaban J connectivity index is 2.36. The highest BCUT2D eigenvalue weighted by Gasteiger charge is 2.16. The molecule has 0 aliphatic rings. The van der Waals surface area contributed by atoms with Gasteiger partial charge in [0.05, 0.1) is 11.3 Å². The Bertz CT molecular complexity index is 726. The summed E-state index contributed by atoms with van der Waals surface area (Å²) in [6.45, 7) is 6.16. The zero-order valence-corrected chi connectivity index (χ0v) is 15.7. The molecule has 0 saturated heterocycles. The molecule has 27 heavy (non-hydrogen) atoms. The quantitative estimate of drug-likeness (QED) is 0.420. The highest BCUT2D eigenvalue weighted by atomic mass is 16.6. The molecular formula is C17H23N3O7. The second kappa shape index (κ2) is 9.51. The average molecular weight is 381 g/mol. The van der Waals surface area contributed by atoms with Crippen molar-refractivity contribution in [3.8, 4) is 0 Å². The summed E-state index contributed by atoms with van der Waals surface area (Å²) in [5.41, 5.74) is -0.0897. The molecule has 0 atom stereocenters. The summed E-state index contributed by atoms with van der Waals surface area (Å²) in [4.78, 5) is 45.1. The normalized spacial score (nSPS) is 10.7. The number of rotatable bonds is 7. The number of esters is 1. The predicted octanol–water partition coefficient (Wildman–Crippen LogP) is 2.30. The molecule has 1 rings (SSSR count). The maximum absolute atomic E-state index is 11.8. The molecule has 0 aromatic heterocycles. The van der Waals surface area contributed by atoms with Crippen LogP contribution in [0, 0.1) is 17.0 Å². The van der Waals surface area contributed by atoms with Gasteiger partial charge in [-0.05, 0) is 33.8 Å². The molecule has 1 aromatic carbocycles. The van der Waals surface area contributed by atoms with E-state index in [9.17, 15) is 24.5 Å². The molecule has 10 nitrogen and oxygen atoms in total. The van der Waals surface area contributed by atoms with E-state index >= 15 is 0 Å². The first-order chi connectivity index (χ1) is 12.5. The van der Waals surface area contributed by atoms with Crippen LogP contribution in [0.2, 0.25) is 0 Å². The summed E-state index contributed by atoms with van der Waals surface area (Å²) < 4.78 is 9.79. The molecule has 0 aliphatic carbocycles. The van der Waals surface area contributed by atoms with E-state index in [1.807, 2.05) is 0 Å². The fourth-order valence-corrected chi connectivity index (χ4v) is 1.88. The maximum Gasteiger partial charge on any atom is 0.407 e. The van der Waals surface area contributed by atoms with E-state index in [1.165, 1.54) is 18.2 Å². The first-order valence-corrected chi connectivity index (χ1v) is 8.15. The summed E-state index contributed by atoms with van der Waals surface area (Å²) >= 11 is 0. The van der Waals surface area contributed by atoms with Crippen molar-refractivity contribution in [2.24, 2.45) is 0 Å². The Morgan fingerprint density at radius 3 is 2.48 bits per heavy atom. The molecule has 10 heteroatoms. The van der Waals surface area contributed by atoms with E-state index in [-0.39, 0.29) is 24.3 Å². The molecule has 0 saturated carbocycles. The van der Waals surface area contributed by atoms with Gasteiger partial charge in [0, 0.05) is 23.9 Å². The van der Waals surface area contributed by atoms with Crippen LogP contribution in [0.1, 0.15) is 32.8 Å². The number of benzene rings is 1. The van der Waals surface area contributed by atoms with Gasteiger partial charge < -0.3 is 20.1 Å². The number of ether oxygens (including phenoxy) is 2. The number of nitro benzene ring substituents is 1. The largest absolute Gasteiger partial charge is 0.456 e. The van der Waals surface area contributed by atoms with Gasteiger partial charge in [-0.25, -0.2) is 4.79 Å². The molecule has 0 heterocycles. The van der Waals surface area contributed by atoms with Crippen molar-refractivity contribution in [1.29, 1.82) is 0 Å². The third kappa shape index (κ3) is 8.66. The van der Waals surface area contributed by atoms with Crippen LogP contribution in [0.5, 0.6) is 0 Å². The maximum atomic E-state index is 11.8. The fraction of sp³-hybridized carbons (Fsp3) is 0.471. The van der Waals surface area contributed by atoms with E-state index in [0.29, 0.717) is 5.56 Å². The molecule has 1 aromatic rings. The minimum absolute atomic E-state index is 0.000474. The molecule has 148 valence electrons. The number of carbonyl (C=O) groups excluding carboxylic acids is 3. The Morgan fingerprint density at radius 1 is 1.22 bits per heavy atom. The Hall–Kier alpha value is -3.17. The molecule has 2 N–H and O–H groups in total. The highest BCUT2D eigenvalue weighted by molar-refractivity contribution is 5.93. The molecule has 0 aliphatic heterocycles. The number of alkyl carbamates (subject to hydrolysis) is 1. The van der Waals surface area contributed by atoms with Crippen LogP contribution in [0.4, 0.5) is 16.2 Å². The van der Waals surface area contributed by atoms with Crippen molar-refractivity contribution >= 4 is 29.3 Å². The number of anilines is 1. The number of hydrogen-bond donors (Lipinski definition) is 2. The SMILES string of the molecule is Cc1ccc(NC(=O)COC(=O)CCNC(=O)OC(C)(C)C)cc1[N+](=O)[O-]. The summed E-state index contributed by atoms with van der Waals surface area (Å²) in [5, 5.41) is 15.7. The summed E-state index contributed by atoms with van der Waals surface area (Å²) in [6.07, 6.45) is -0.795. The van der Waals surface area contributed by atoms with Gasteiger partial charge in [-0.2, -0.15) is 0 Å². The smallest absolute Gasteiger partial charge is 0.407 e. The molecule has 0 bridgehead atoms. The van der Waals surface area contributed by atoms with E-state index in [2.05, 4.69) is 10.6 Å². The number of amides is 2. The van der Waals surface area contributed by atoms with Crippen molar-refractivity contribution in [3.05, 3.63) is 33.9 Å². The molecular weight excluding hydrogens is 358 g/mol. The van der Waals surface area contributed by atoms with Gasteiger partial charge in [0.2, 0.25) is 0 Å². The summed E-state index contributed by atoms with van der Waals surface area (Å²) in [7, 11) is 0. The second-order valence-electron chi connectivity index (χ2n) is 6.65. The van der Waals surface area contributed by atoms with Gasteiger partial charge in [0.1, 0.15) is 5.60 Å². The van der Waals surface area contributed by atoms with Crippen LogP contribution in [0.15, 0.2) is 18.2 Å².